The van der Waals surface area contributed by atoms with Gasteiger partial charge in [-0.05, 0) is 25.7 Å². The molecular weight excluding hydrogens is 192 g/mol. The highest BCUT2D eigenvalue weighted by Gasteiger charge is 2.21. The highest BCUT2D eigenvalue weighted by Crippen LogP contribution is 2.30. The maximum Gasteiger partial charge on any atom is 0.242 e. The molecule has 0 atom stereocenters. The number of hydrogen-bond donors (Lipinski definition) is 2. The Labute approximate surface area is 89.1 Å². The molecule has 1 aromatic rings. The first kappa shape index (κ1) is 10.0. The number of nitrogens with two attached hydrogens (primary N) is 1. The van der Waals surface area contributed by atoms with Gasteiger partial charge in [0.15, 0.2) is 5.82 Å². The van der Waals surface area contributed by atoms with Crippen molar-refractivity contribution in [2.45, 2.75) is 19.8 Å². The van der Waals surface area contributed by atoms with E-state index in [2.05, 4.69) is 15.3 Å². The predicted molar refractivity (Wildman–Crippen MR) is 58.8 cm³/mol. The first-order valence-corrected chi connectivity index (χ1v) is 5.28. The van der Waals surface area contributed by atoms with Gasteiger partial charge in [0.05, 0.1) is 6.61 Å². The van der Waals surface area contributed by atoms with Crippen molar-refractivity contribution in [2.24, 2.45) is 5.92 Å². The van der Waals surface area contributed by atoms with E-state index in [4.69, 9.17) is 10.5 Å². The van der Waals surface area contributed by atoms with Gasteiger partial charge in [0.2, 0.25) is 5.88 Å². The van der Waals surface area contributed by atoms with Gasteiger partial charge in [-0.2, -0.15) is 4.98 Å². The molecule has 1 fully saturated rings. The van der Waals surface area contributed by atoms with E-state index in [1.807, 2.05) is 6.92 Å². The number of rotatable bonds is 5. The van der Waals surface area contributed by atoms with Crippen molar-refractivity contribution in [3.8, 4) is 5.88 Å². The van der Waals surface area contributed by atoms with Gasteiger partial charge in [0, 0.05) is 6.54 Å². The van der Waals surface area contributed by atoms with Crippen LogP contribution in [0.15, 0.2) is 6.33 Å². The van der Waals surface area contributed by atoms with E-state index >= 15 is 0 Å². The third kappa shape index (κ3) is 2.49. The molecule has 5 heteroatoms. The lowest BCUT2D eigenvalue weighted by atomic mass is 10.4. The third-order valence-corrected chi connectivity index (χ3v) is 2.38. The Balaban J connectivity index is 2.04. The fraction of sp³-hybridized carbons (Fsp3) is 0.600. The molecule has 1 aliphatic carbocycles. The van der Waals surface area contributed by atoms with Crippen LogP contribution in [0.2, 0.25) is 0 Å². The molecule has 1 heterocycles. The van der Waals surface area contributed by atoms with E-state index in [1.165, 1.54) is 19.2 Å². The van der Waals surface area contributed by atoms with Crippen molar-refractivity contribution >= 4 is 11.5 Å². The van der Waals surface area contributed by atoms with E-state index in [-0.39, 0.29) is 0 Å². The van der Waals surface area contributed by atoms with Crippen molar-refractivity contribution < 1.29 is 4.74 Å². The van der Waals surface area contributed by atoms with Crippen LogP contribution in [0.4, 0.5) is 11.5 Å². The maximum absolute atomic E-state index is 5.86. The molecule has 15 heavy (non-hydrogen) atoms. The highest BCUT2D eigenvalue weighted by atomic mass is 16.5. The smallest absolute Gasteiger partial charge is 0.242 e. The summed E-state index contributed by atoms with van der Waals surface area (Å²) in [5.74, 6) is 1.93. The molecule has 82 valence electrons. The predicted octanol–water partition coefficient (Wildman–Crippen LogP) is 1.28. The number of nitrogens with one attached hydrogen (secondary N) is 1. The summed E-state index contributed by atoms with van der Waals surface area (Å²) >= 11 is 0. The average Bonchev–Trinajstić information content (AvgIpc) is 3.03. The van der Waals surface area contributed by atoms with Crippen LogP contribution in [0, 0.1) is 5.92 Å². The van der Waals surface area contributed by atoms with Crippen molar-refractivity contribution in [1.29, 1.82) is 0 Å². The largest absolute Gasteiger partial charge is 0.476 e. The van der Waals surface area contributed by atoms with Crippen molar-refractivity contribution in [3.63, 3.8) is 0 Å². The third-order valence-electron chi connectivity index (χ3n) is 2.38. The second-order valence-electron chi connectivity index (χ2n) is 3.70. The van der Waals surface area contributed by atoms with E-state index in [9.17, 15) is 0 Å². The average molecular weight is 208 g/mol. The lowest BCUT2D eigenvalue weighted by molar-refractivity contribution is 0.328. The number of nitrogens with zero attached hydrogens (tertiary/aromatic N) is 2. The number of hydrogen-bond acceptors (Lipinski definition) is 5. The Morgan fingerprint density at radius 1 is 1.53 bits per heavy atom. The van der Waals surface area contributed by atoms with E-state index in [0.717, 1.165) is 12.5 Å². The summed E-state index contributed by atoms with van der Waals surface area (Å²) in [6.07, 6.45) is 4.07. The fourth-order valence-electron chi connectivity index (χ4n) is 1.34. The molecule has 2 rings (SSSR count). The Morgan fingerprint density at radius 2 is 2.33 bits per heavy atom. The normalized spacial score (nSPS) is 15.0. The van der Waals surface area contributed by atoms with Crippen molar-refractivity contribution in [2.75, 3.05) is 24.2 Å². The Bertz CT molecular complexity index is 338. The summed E-state index contributed by atoms with van der Waals surface area (Å²) in [5.41, 5.74) is 6.36. The van der Waals surface area contributed by atoms with Crippen LogP contribution >= 0.6 is 0 Å². The number of aromatic nitrogens is 2. The monoisotopic (exact) mass is 208 g/mol. The second kappa shape index (κ2) is 4.33. The number of anilines is 2. The molecule has 0 aliphatic heterocycles. The Hall–Kier alpha value is -1.52. The molecule has 3 N–H and O–H groups in total. The zero-order valence-electron chi connectivity index (χ0n) is 8.86. The quantitative estimate of drug-likeness (QED) is 0.762. The molecule has 1 saturated carbocycles. The first-order valence-electron chi connectivity index (χ1n) is 5.28. The molecule has 0 unspecified atom stereocenters. The minimum absolute atomic E-state index is 0.464. The van der Waals surface area contributed by atoms with Crippen LogP contribution in [0.5, 0.6) is 5.88 Å². The lowest BCUT2D eigenvalue weighted by Crippen LogP contribution is -2.09. The second-order valence-corrected chi connectivity index (χ2v) is 3.70. The van der Waals surface area contributed by atoms with Crippen LogP contribution in [-0.2, 0) is 0 Å². The highest BCUT2D eigenvalue weighted by molar-refractivity contribution is 5.66. The zero-order chi connectivity index (χ0) is 10.7. The molecule has 1 aliphatic rings. The summed E-state index contributed by atoms with van der Waals surface area (Å²) in [5, 5.41) is 3.22. The standard InChI is InChI=1S/C10H16N4O/c1-2-15-10-8(11)9(13-6-14-10)12-5-7-3-4-7/h6-7H,2-5,11H2,1H3,(H,12,13,14). The summed E-state index contributed by atoms with van der Waals surface area (Å²) in [6.45, 7) is 3.40. The SMILES string of the molecule is CCOc1ncnc(NCC2CC2)c1N. The van der Waals surface area contributed by atoms with Gasteiger partial charge >= 0.3 is 0 Å². The number of ether oxygens (including phenoxy) is 1. The van der Waals surface area contributed by atoms with Crippen LogP contribution in [0.25, 0.3) is 0 Å². The topological polar surface area (TPSA) is 73.1 Å². The van der Waals surface area contributed by atoms with Crippen molar-refractivity contribution in [1.82, 2.24) is 9.97 Å². The summed E-state index contributed by atoms with van der Waals surface area (Å²) in [4.78, 5) is 8.07. The first-order chi connectivity index (χ1) is 7.31. The lowest BCUT2D eigenvalue weighted by Gasteiger charge is -2.10. The Kier molecular flexibility index (Phi) is 2.89. The summed E-state index contributed by atoms with van der Waals surface area (Å²) in [7, 11) is 0. The molecule has 0 saturated heterocycles. The van der Waals surface area contributed by atoms with Crippen molar-refractivity contribution in [3.05, 3.63) is 6.33 Å². The van der Waals surface area contributed by atoms with Crippen LogP contribution in [-0.4, -0.2) is 23.1 Å². The van der Waals surface area contributed by atoms with E-state index < -0.39 is 0 Å². The molecule has 1 aromatic heterocycles. The number of nitrogen functional groups attached to an aromatic ring is 1. The van der Waals surface area contributed by atoms with Gasteiger partial charge in [-0.15, -0.1) is 0 Å². The van der Waals surface area contributed by atoms with Crippen LogP contribution in [0.1, 0.15) is 19.8 Å². The maximum atomic E-state index is 5.86. The molecule has 0 aromatic carbocycles. The molecule has 0 radical (unpaired) electrons. The van der Waals surface area contributed by atoms with Gasteiger partial charge in [0.25, 0.3) is 0 Å². The Morgan fingerprint density at radius 3 is 3.00 bits per heavy atom. The minimum atomic E-state index is 0.464. The van der Waals surface area contributed by atoms with Gasteiger partial charge < -0.3 is 15.8 Å². The molecule has 0 amide bonds. The summed E-state index contributed by atoms with van der Waals surface area (Å²) in [6, 6.07) is 0. The van der Waals surface area contributed by atoms with E-state index in [1.54, 1.807) is 0 Å². The van der Waals surface area contributed by atoms with Gasteiger partial charge in [-0.25, -0.2) is 4.98 Å². The van der Waals surface area contributed by atoms with Gasteiger partial charge in [-0.1, -0.05) is 0 Å². The molecular formula is C10H16N4O. The van der Waals surface area contributed by atoms with E-state index in [0.29, 0.717) is 24.0 Å². The minimum Gasteiger partial charge on any atom is -0.476 e. The fourth-order valence-corrected chi connectivity index (χ4v) is 1.34. The molecule has 5 nitrogen and oxygen atoms in total. The van der Waals surface area contributed by atoms with Gasteiger partial charge in [-0.3, -0.25) is 0 Å². The zero-order valence-corrected chi connectivity index (χ0v) is 8.86. The summed E-state index contributed by atoms with van der Waals surface area (Å²) < 4.78 is 5.28. The van der Waals surface area contributed by atoms with Gasteiger partial charge in [0.1, 0.15) is 12.0 Å². The molecule has 0 spiro atoms. The van der Waals surface area contributed by atoms with Crippen LogP contribution in [0.3, 0.4) is 0 Å². The molecule has 0 bridgehead atoms. The van der Waals surface area contributed by atoms with Crippen LogP contribution < -0.4 is 15.8 Å².